The van der Waals surface area contributed by atoms with Gasteiger partial charge in [-0.1, -0.05) is 284 Å². The molecule has 7 atom stereocenters. The molecule has 1 amide bonds. The second kappa shape index (κ2) is 47.8. The minimum atomic E-state index is -1.55. The average Bonchev–Trinajstić information content (AvgIpc) is 3.32. The van der Waals surface area contributed by atoms with Gasteiger partial charge in [0.25, 0.3) is 0 Å². The van der Waals surface area contributed by atoms with Crippen molar-refractivity contribution in [1.82, 2.24) is 5.32 Å². The first-order valence-corrected chi connectivity index (χ1v) is 29.2. The molecular formula is C57H113NO8. The molecule has 1 saturated heterocycles. The molecule has 66 heavy (non-hydrogen) atoms. The zero-order chi connectivity index (χ0) is 48.0. The lowest BCUT2D eigenvalue weighted by molar-refractivity contribution is -0.302. The first kappa shape index (κ1) is 63.2. The number of carbonyl (C=O) groups is 1. The number of hydrogen-bond acceptors (Lipinski definition) is 8. The van der Waals surface area contributed by atoms with E-state index >= 15 is 0 Å². The molecule has 0 spiro atoms. The lowest BCUT2D eigenvalue weighted by atomic mass is 9.99. The lowest BCUT2D eigenvalue weighted by Gasteiger charge is -2.40. The topological polar surface area (TPSA) is 149 Å². The quantitative estimate of drug-likeness (QED) is 0.0330. The third-order valence-corrected chi connectivity index (χ3v) is 14.5. The number of aliphatic hydroxyl groups excluding tert-OH is 5. The van der Waals surface area contributed by atoms with Gasteiger partial charge in [0.1, 0.15) is 24.4 Å². The van der Waals surface area contributed by atoms with Gasteiger partial charge >= 0.3 is 0 Å². The highest BCUT2D eigenvalue weighted by Crippen LogP contribution is 2.23. The Morgan fingerprint density at radius 3 is 1.08 bits per heavy atom. The summed E-state index contributed by atoms with van der Waals surface area (Å²) in [5.41, 5.74) is 0. The number of ether oxygens (including phenoxy) is 2. The molecule has 0 aromatic heterocycles. The van der Waals surface area contributed by atoms with Gasteiger partial charge in [0.05, 0.1) is 25.4 Å². The molecule has 0 bridgehead atoms. The summed E-state index contributed by atoms with van der Waals surface area (Å²) < 4.78 is 11.3. The van der Waals surface area contributed by atoms with Gasteiger partial charge in [0.15, 0.2) is 6.29 Å². The summed E-state index contributed by atoms with van der Waals surface area (Å²) in [5.74, 6) is -0.136. The van der Waals surface area contributed by atoms with Crippen molar-refractivity contribution in [3.8, 4) is 0 Å². The summed E-state index contributed by atoms with van der Waals surface area (Å²) in [4.78, 5) is 13.1. The molecule has 0 aliphatic carbocycles. The van der Waals surface area contributed by atoms with E-state index in [0.717, 1.165) is 38.5 Å². The molecule has 0 radical (unpaired) electrons. The van der Waals surface area contributed by atoms with Gasteiger partial charge < -0.3 is 40.3 Å². The van der Waals surface area contributed by atoms with E-state index in [-0.39, 0.29) is 12.5 Å². The minimum absolute atomic E-state index is 0.131. The van der Waals surface area contributed by atoms with Crippen LogP contribution in [0, 0.1) is 0 Å². The van der Waals surface area contributed by atoms with E-state index < -0.39 is 49.5 Å². The molecule has 0 saturated carbocycles. The maximum atomic E-state index is 13.1. The predicted molar refractivity (Wildman–Crippen MR) is 277 cm³/mol. The minimum Gasteiger partial charge on any atom is -0.394 e. The van der Waals surface area contributed by atoms with Crippen molar-refractivity contribution in [2.75, 3.05) is 13.2 Å². The summed E-state index contributed by atoms with van der Waals surface area (Å²) in [6.45, 7) is 3.88. The van der Waals surface area contributed by atoms with Crippen LogP contribution in [0.1, 0.15) is 303 Å². The highest BCUT2D eigenvalue weighted by Gasteiger charge is 2.44. The normalized spacial score (nSPS) is 19.7. The molecule has 0 aromatic rings. The van der Waals surface area contributed by atoms with E-state index in [1.165, 1.54) is 238 Å². The fraction of sp³-hybridized carbons (Fsp3) is 0.982. The van der Waals surface area contributed by atoms with Crippen molar-refractivity contribution in [2.45, 2.75) is 346 Å². The highest BCUT2D eigenvalue weighted by molar-refractivity contribution is 5.76. The average molecular weight is 941 g/mol. The molecule has 394 valence electrons. The molecule has 1 rings (SSSR count). The Bertz CT molecular complexity index is 1000. The number of amides is 1. The van der Waals surface area contributed by atoms with Crippen molar-refractivity contribution >= 4 is 5.91 Å². The number of nitrogens with one attached hydrogen (secondary N) is 1. The van der Waals surface area contributed by atoms with E-state index in [1.807, 2.05) is 0 Å². The third-order valence-electron chi connectivity index (χ3n) is 14.5. The monoisotopic (exact) mass is 940 g/mol. The Balaban J connectivity index is 2.13. The van der Waals surface area contributed by atoms with Crippen LogP contribution in [0.4, 0.5) is 0 Å². The van der Waals surface area contributed by atoms with Gasteiger partial charge in [0.2, 0.25) is 5.91 Å². The second-order valence-corrected chi connectivity index (χ2v) is 20.8. The standard InChI is InChI=1S/C57H113NO8/c1-3-5-7-9-11-13-15-17-19-20-21-22-23-24-25-26-27-28-29-30-31-33-35-37-39-41-43-45-47-53(61)58-50(49-65-57-56(64)55(63)54(62)52(48-59)66-57)51(60)46-44-42-40-38-36-34-32-18-16-14-12-10-8-6-4-2/h50-52,54-57,59-60,62-64H,3-49H2,1-2H3,(H,58,61)/t50-,51+,52+,54+,55?,56?,57+/m0/s1. The summed E-state index contributed by atoms with van der Waals surface area (Å²) in [7, 11) is 0. The van der Waals surface area contributed by atoms with Crippen LogP contribution in [0.15, 0.2) is 0 Å². The van der Waals surface area contributed by atoms with Crippen LogP contribution in [0.3, 0.4) is 0 Å². The summed E-state index contributed by atoms with van der Waals surface area (Å²) in [6, 6.07) is -0.713. The van der Waals surface area contributed by atoms with Crippen molar-refractivity contribution in [1.29, 1.82) is 0 Å². The van der Waals surface area contributed by atoms with Gasteiger partial charge in [-0.05, 0) is 12.8 Å². The predicted octanol–water partition coefficient (Wildman–Crippen LogP) is 14.2. The molecule has 1 aliphatic heterocycles. The first-order chi connectivity index (χ1) is 32.3. The summed E-state index contributed by atoms with van der Waals surface area (Å²) >= 11 is 0. The Morgan fingerprint density at radius 1 is 0.455 bits per heavy atom. The number of carbonyl (C=O) groups excluding carboxylic acids is 1. The second-order valence-electron chi connectivity index (χ2n) is 20.8. The van der Waals surface area contributed by atoms with Gasteiger partial charge in [-0.25, -0.2) is 0 Å². The Kier molecular flexibility index (Phi) is 45.8. The highest BCUT2D eigenvalue weighted by atomic mass is 16.7. The Morgan fingerprint density at radius 2 is 0.758 bits per heavy atom. The van der Waals surface area contributed by atoms with Crippen molar-refractivity contribution in [2.24, 2.45) is 0 Å². The van der Waals surface area contributed by atoms with Crippen molar-refractivity contribution in [3.63, 3.8) is 0 Å². The van der Waals surface area contributed by atoms with Crippen LogP contribution in [0.5, 0.6) is 0 Å². The SMILES string of the molecule is CCCCCCCCCCCCCCCCCCCCCCCCCCCCCCC(=O)N[C@@H](CO[C@@H]1O[C@H](CO)[C@@H](O)C(O)C1O)[C@H](O)CCCCCCCCCCCCCCCCC. The van der Waals surface area contributed by atoms with Crippen LogP contribution in [-0.2, 0) is 14.3 Å². The zero-order valence-corrected chi connectivity index (χ0v) is 43.7. The molecule has 1 fully saturated rings. The van der Waals surface area contributed by atoms with Crippen LogP contribution in [0.2, 0.25) is 0 Å². The van der Waals surface area contributed by atoms with Crippen LogP contribution >= 0.6 is 0 Å². The van der Waals surface area contributed by atoms with Gasteiger partial charge in [0, 0.05) is 6.42 Å². The number of rotatable bonds is 51. The zero-order valence-electron chi connectivity index (χ0n) is 43.7. The fourth-order valence-corrected chi connectivity index (χ4v) is 9.81. The molecule has 6 N–H and O–H groups in total. The number of unbranched alkanes of at least 4 members (excludes halogenated alkanes) is 41. The Hall–Kier alpha value is -0.810. The molecule has 1 heterocycles. The van der Waals surface area contributed by atoms with E-state index in [4.69, 9.17) is 9.47 Å². The van der Waals surface area contributed by atoms with Gasteiger partial charge in [-0.2, -0.15) is 0 Å². The van der Waals surface area contributed by atoms with E-state index in [0.29, 0.717) is 12.8 Å². The van der Waals surface area contributed by atoms with Gasteiger partial charge in [-0.15, -0.1) is 0 Å². The maximum Gasteiger partial charge on any atom is 0.220 e. The molecule has 0 aromatic carbocycles. The molecule has 9 heteroatoms. The van der Waals surface area contributed by atoms with Crippen LogP contribution in [-0.4, -0.2) is 87.5 Å². The van der Waals surface area contributed by atoms with Crippen LogP contribution < -0.4 is 5.32 Å². The molecular weight excluding hydrogens is 827 g/mol. The first-order valence-electron chi connectivity index (χ1n) is 29.2. The van der Waals surface area contributed by atoms with E-state index in [1.54, 1.807) is 0 Å². The van der Waals surface area contributed by atoms with Crippen LogP contribution in [0.25, 0.3) is 0 Å². The number of aliphatic hydroxyl groups is 5. The molecule has 9 nitrogen and oxygen atoms in total. The third kappa shape index (κ3) is 37.1. The largest absolute Gasteiger partial charge is 0.394 e. The Labute approximate surface area is 408 Å². The molecule has 1 aliphatic rings. The summed E-state index contributed by atoms with van der Waals surface area (Å²) in [5, 5.41) is 54.6. The molecule has 2 unspecified atom stereocenters. The van der Waals surface area contributed by atoms with Crippen molar-refractivity contribution < 1.29 is 39.8 Å². The van der Waals surface area contributed by atoms with E-state index in [9.17, 15) is 30.3 Å². The number of hydrogen-bond donors (Lipinski definition) is 6. The lowest BCUT2D eigenvalue weighted by Crippen LogP contribution is -2.60. The summed E-state index contributed by atoms with van der Waals surface area (Å²) in [6.07, 6.45) is 50.0. The smallest absolute Gasteiger partial charge is 0.220 e. The maximum absolute atomic E-state index is 13.1. The fourth-order valence-electron chi connectivity index (χ4n) is 9.81. The van der Waals surface area contributed by atoms with Gasteiger partial charge in [-0.3, -0.25) is 4.79 Å². The van der Waals surface area contributed by atoms with Crippen molar-refractivity contribution in [3.05, 3.63) is 0 Å². The van der Waals surface area contributed by atoms with E-state index in [2.05, 4.69) is 19.2 Å².